The zero-order valence-corrected chi connectivity index (χ0v) is 16.9. The van der Waals surface area contributed by atoms with Crippen molar-refractivity contribution < 1.29 is 14.7 Å². The molecule has 8 heteroatoms. The van der Waals surface area contributed by atoms with Crippen LogP contribution in [0.3, 0.4) is 0 Å². The molecule has 1 unspecified atom stereocenters. The van der Waals surface area contributed by atoms with E-state index in [2.05, 4.69) is 15.2 Å². The van der Waals surface area contributed by atoms with Crippen LogP contribution in [0, 0.1) is 5.92 Å². The van der Waals surface area contributed by atoms with Gasteiger partial charge in [0.2, 0.25) is 5.91 Å². The van der Waals surface area contributed by atoms with Crippen molar-refractivity contribution in [2.24, 2.45) is 5.92 Å². The number of hydrogen-bond acceptors (Lipinski definition) is 4. The Morgan fingerprint density at radius 3 is 2.54 bits per heavy atom. The molecule has 1 aromatic carbocycles. The van der Waals surface area contributed by atoms with E-state index in [4.69, 9.17) is 28.3 Å². The summed E-state index contributed by atoms with van der Waals surface area (Å²) in [5.41, 5.74) is 1.71. The van der Waals surface area contributed by atoms with Gasteiger partial charge in [-0.1, -0.05) is 35.3 Å². The fourth-order valence-electron chi connectivity index (χ4n) is 3.22. The van der Waals surface area contributed by atoms with Crippen molar-refractivity contribution in [1.82, 2.24) is 10.3 Å². The van der Waals surface area contributed by atoms with Gasteiger partial charge in [0.25, 0.3) is 0 Å². The topological polar surface area (TPSA) is 82.5 Å². The quantitative estimate of drug-likeness (QED) is 0.765. The second-order valence-corrected chi connectivity index (χ2v) is 7.62. The average molecular weight is 422 g/mol. The molecule has 6 nitrogen and oxygen atoms in total. The lowest BCUT2D eigenvalue weighted by Crippen LogP contribution is -2.45. The molecule has 2 heterocycles. The predicted molar refractivity (Wildman–Crippen MR) is 110 cm³/mol. The molecule has 2 N–H and O–H groups in total. The molecule has 0 saturated carbocycles. The number of nitrogens with zero attached hydrogens (tertiary/aromatic N) is 2. The number of benzene rings is 1. The minimum Gasteiger partial charge on any atom is -0.480 e. The van der Waals surface area contributed by atoms with Crippen LogP contribution in [0.25, 0.3) is 11.1 Å². The minimum atomic E-state index is -1.03. The maximum absolute atomic E-state index is 12.2. The summed E-state index contributed by atoms with van der Waals surface area (Å²) in [6.07, 6.45) is 3.07. The van der Waals surface area contributed by atoms with Crippen LogP contribution in [0.5, 0.6) is 0 Å². The molecule has 1 aliphatic rings. The van der Waals surface area contributed by atoms with E-state index in [0.717, 1.165) is 16.9 Å². The molecule has 28 heavy (non-hydrogen) atoms. The van der Waals surface area contributed by atoms with E-state index in [-0.39, 0.29) is 11.8 Å². The van der Waals surface area contributed by atoms with Crippen LogP contribution in [-0.4, -0.2) is 41.1 Å². The van der Waals surface area contributed by atoms with E-state index in [1.165, 1.54) is 6.92 Å². The maximum Gasteiger partial charge on any atom is 0.325 e. The SMILES string of the molecule is CC(NC(=O)C1CCN(c2ccc(-c3cccc(Cl)c3Cl)cn2)CC1)C(=O)O. The third-order valence-corrected chi connectivity index (χ3v) is 5.75. The molecular formula is C20H21Cl2N3O3. The second kappa shape index (κ2) is 8.80. The van der Waals surface area contributed by atoms with Gasteiger partial charge < -0.3 is 15.3 Å². The highest BCUT2D eigenvalue weighted by molar-refractivity contribution is 6.43. The number of anilines is 1. The summed E-state index contributed by atoms with van der Waals surface area (Å²) in [6.45, 7) is 2.83. The van der Waals surface area contributed by atoms with Crippen molar-refractivity contribution in [2.75, 3.05) is 18.0 Å². The highest BCUT2D eigenvalue weighted by Gasteiger charge is 2.27. The van der Waals surface area contributed by atoms with E-state index < -0.39 is 12.0 Å². The number of hydrogen-bond donors (Lipinski definition) is 2. The van der Waals surface area contributed by atoms with Gasteiger partial charge in [-0.15, -0.1) is 0 Å². The van der Waals surface area contributed by atoms with E-state index in [1.54, 1.807) is 12.3 Å². The Kier molecular flexibility index (Phi) is 6.42. The molecule has 1 fully saturated rings. The maximum atomic E-state index is 12.2. The lowest BCUT2D eigenvalue weighted by molar-refractivity contribution is -0.142. The monoisotopic (exact) mass is 421 g/mol. The van der Waals surface area contributed by atoms with Crippen LogP contribution in [0.2, 0.25) is 10.0 Å². The number of pyridine rings is 1. The zero-order valence-electron chi connectivity index (χ0n) is 15.4. The predicted octanol–water partition coefficient (Wildman–Crippen LogP) is 3.86. The number of carboxylic acid groups (broad SMARTS) is 1. The number of halogens is 2. The molecule has 2 aromatic rings. The van der Waals surface area contributed by atoms with Crippen molar-refractivity contribution in [1.29, 1.82) is 0 Å². The van der Waals surface area contributed by atoms with Crippen molar-refractivity contribution in [2.45, 2.75) is 25.8 Å². The van der Waals surface area contributed by atoms with E-state index in [1.807, 2.05) is 24.3 Å². The highest BCUT2D eigenvalue weighted by Crippen LogP contribution is 2.33. The number of aliphatic carboxylic acids is 1. The molecule has 1 saturated heterocycles. The summed E-state index contributed by atoms with van der Waals surface area (Å²) in [4.78, 5) is 29.7. The van der Waals surface area contributed by atoms with Crippen LogP contribution in [0.15, 0.2) is 36.5 Å². The molecule has 1 aliphatic heterocycles. The van der Waals surface area contributed by atoms with Gasteiger partial charge in [0.1, 0.15) is 11.9 Å². The number of carbonyl (C=O) groups excluding carboxylic acids is 1. The van der Waals surface area contributed by atoms with Gasteiger partial charge in [-0.2, -0.15) is 0 Å². The third kappa shape index (κ3) is 4.56. The largest absolute Gasteiger partial charge is 0.480 e. The summed E-state index contributed by atoms with van der Waals surface area (Å²) in [5, 5.41) is 12.5. The summed E-state index contributed by atoms with van der Waals surface area (Å²) in [6, 6.07) is 8.49. The Morgan fingerprint density at radius 2 is 1.93 bits per heavy atom. The van der Waals surface area contributed by atoms with Gasteiger partial charge in [0.05, 0.1) is 10.0 Å². The number of piperidine rings is 1. The molecule has 0 bridgehead atoms. The molecule has 1 atom stereocenters. The van der Waals surface area contributed by atoms with Crippen molar-refractivity contribution in [3.63, 3.8) is 0 Å². The number of carboxylic acids is 1. The first kappa shape index (κ1) is 20.4. The summed E-state index contributed by atoms with van der Waals surface area (Å²) in [7, 11) is 0. The van der Waals surface area contributed by atoms with Crippen LogP contribution in [0.4, 0.5) is 5.82 Å². The highest BCUT2D eigenvalue weighted by atomic mass is 35.5. The van der Waals surface area contributed by atoms with Crippen LogP contribution >= 0.6 is 23.2 Å². The number of aromatic nitrogens is 1. The van der Waals surface area contributed by atoms with Crippen LogP contribution in [0.1, 0.15) is 19.8 Å². The van der Waals surface area contributed by atoms with E-state index in [9.17, 15) is 9.59 Å². The Labute approximate surface area is 173 Å². The first-order valence-electron chi connectivity index (χ1n) is 9.05. The average Bonchev–Trinajstić information content (AvgIpc) is 2.70. The molecule has 0 aliphatic carbocycles. The summed E-state index contributed by atoms with van der Waals surface area (Å²) < 4.78 is 0. The van der Waals surface area contributed by atoms with Crippen molar-refractivity contribution >= 4 is 40.9 Å². The van der Waals surface area contributed by atoms with Gasteiger partial charge in [-0.25, -0.2) is 4.98 Å². The lowest BCUT2D eigenvalue weighted by Gasteiger charge is -2.32. The Morgan fingerprint density at radius 1 is 1.21 bits per heavy atom. The Balaban J connectivity index is 1.61. The lowest BCUT2D eigenvalue weighted by atomic mass is 9.95. The van der Waals surface area contributed by atoms with Gasteiger partial charge in [0, 0.05) is 36.3 Å². The number of rotatable bonds is 5. The first-order valence-corrected chi connectivity index (χ1v) is 9.81. The fourth-order valence-corrected chi connectivity index (χ4v) is 3.63. The van der Waals surface area contributed by atoms with Gasteiger partial charge >= 0.3 is 5.97 Å². The minimum absolute atomic E-state index is 0.178. The van der Waals surface area contributed by atoms with Crippen molar-refractivity contribution in [3.8, 4) is 11.1 Å². The van der Waals surface area contributed by atoms with Gasteiger partial charge in [0.15, 0.2) is 0 Å². The molecule has 0 radical (unpaired) electrons. The third-order valence-electron chi connectivity index (χ3n) is 4.93. The molecule has 148 valence electrons. The summed E-state index contributed by atoms with van der Waals surface area (Å²) >= 11 is 12.4. The smallest absolute Gasteiger partial charge is 0.325 e. The second-order valence-electron chi connectivity index (χ2n) is 6.84. The Hall–Kier alpha value is -2.31. The first-order chi connectivity index (χ1) is 13.4. The standard InChI is InChI=1S/C20H21Cl2N3O3/c1-12(20(27)28)24-19(26)13-7-9-25(10-8-13)17-6-5-14(11-23-17)15-3-2-4-16(21)18(15)22/h2-6,11-13H,7-10H2,1H3,(H,24,26)(H,27,28). The number of nitrogens with one attached hydrogen (secondary N) is 1. The van der Waals surface area contributed by atoms with E-state index >= 15 is 0 Å². The number of amides is 1. The zero-order chi connectivity index (χ0) is 20.3. The van der Waals surface area contributed by atoms with Gasteiger partial charge in [-0.05, 0) is 38.0 Å². The molecule has 1 amide bonds. The molecule has 3 rings (SSSR count). The van der Waals surface area contributed by atoms with Crippen LogP contribution in [-0.2, 0) is 9.59 Å². The normalized spacial score (nSPS) is 15.9. The van der Waals surface area contributed by atoms with Crippen LogP contribution < -0.4 is 10.2 Å². The number of carbonyl (C=O) groups is 2. The fraction of sp³-hybridized carbons (Fsp3) is 0.350. The molecular weight excluding hydrogens is 401 g/mol. The summed E-state index contributed by atoms with van der Waals surface area (Å²) in [5.74, 6) is -0.578. The van der Waals surface area contributed by atoms with E-state index in [0.29, 0.717) is 36.0 Å². The van der Waals surface area contributed by atoms with Gasteiger partial charge in [-0.3, -0.25) is 9.59 Å². The van der Waals surface area contributed by atoms with Crippen molar-refractivity contribution in [3.05, 3.63) is 46.6 Å². The Bertz CT molecular complexity index is 865. The molecule has 0 spiro atoms. The molecule has 1 aromatic heterocycles.